The van der Waals surface area contributed by atoms with Gasteiger partial charge >= 0.3 is 5.97 Å². The van der Waals surface area contributed by atoms with Crippen LogP contribution in [0.2, 0.25) is 5.02 Å². The molecule has 4 aromatic rings. The van der Waals surface area contributed by atoms with E-state index in [1.807, 2.05) is 6.07 Å². The summed E-state index contributed by atoms with van der Waals surface area (Å²) in [7, 11) is 0. The minimum Gasteiger partial charge on any atom is -0.478 e. The van der Waals surface area contributed by atoms with E-state index < -0.39 is 5.97 Å². The molecular formula is C25H24ClN5O2. The Bertz CT molecular complexity index is 1360. The monoisotopic (exact) mass is 461 g/mol. The average Bonchev–Trinajstić information content (AvgIpc) is 3.44. The Balaban J connectivity index is 1.53. The van der Waals surface area contributed by atoms with E-state index in [0.717, 1.165) is 42.5 Å². The van der Waals surface area contributed by atoms with E-state index in [9.17, 15) is 9.90 Å². The predicted molar refractivity (Wildman–Crippen MR) is 129 cm³/mol. The third-order valence-corrected chi connectivity index (χ3v) is 6.45. The van der Waals surface area contributed by atoms with Crippen LogP contribution in [0.1, 0.15) is 45.5 Å². The molecule has 168 valence electrons. The lowest BCUT2D eigenvalue weighted by molar-refractivity contribution is 0.0697. The van der Waals surface area contributed by atoms with Gasteiger partial charge in [-0.05, 0) is 73.9 Å². The number of anilines is 1. The van der Waals surface area contributed by atoms with Crippen LogP contribution in [-0.2, 0) is 12.8 Å². The molecular weight excluding hydrogens is 438 g/mol. The molecule has 8 heteroatoms. The van der Waals surface area contributed by atoms with Crippen molar-refractivity contribution in [3.05, 3.63) is 75.6 Å². The van der Waals surface area contributed by atoms with E-state index in [0.29, 0.717) is 22.5 Å². The Morgan fingerprint density at radius 2 is 1.94 bits per heavy atom. The van der Waals surface area contributed by atoms with Gasteiger partial charge in [0.25, 0.3) is 5.95 Å². The van der Waals surface area contributed by atoms with Crippen LogP contribution in [0.15, 0.2) is 42.7 Å². The van der Waals surface area contributed by atoms with Crippen LogP contribution in [0.5, 0.6) is 0 Å². The number of nitrogens with one attached hydrogen (secondary N) is 1. The van der Waals surface area contributed by atoms with Gasteiger partial charge < -0.3 is 10.4 Å². The van der Waals surface area contributed by atoms with E-state index in [-0.39, 0.29) is 5.56 Å². The van der Waals surface area contributed by atoms with E-state index in [1.165, 1.54) is 33.8 Å². The summed E-state index contributed by atoms with van der Waals surface area (Å²) < 4.78 is 1.38. The van der Waals surface area contributed by atoms with Crippen LogP contribution < -0.4 is 5.32 Å². The molecule has 0 atom stereocenters. The molecule has 2 aromatic heterocycles. The molecule has 2 heterocycles. The van der Waals surface area contributed by atoms with E-state index in [1.54, 1.807) is 0 Å². The number of carboxylic acid groups (broad SMARTS) is 1. The zero-order valence-electron chi connectivity index (χ0n) is 18.5. The predicted octanol–water partition coefficient (Wildman–Crippen LogP) is 5.14. The maximum Gasteiger partial charge on any atom is 0.338 e. The maximum absolute atomic E-state index is 11.2. The van der Waals surface area contributed by atoms with Crippen LogP contribution in [0.4, 0.5) is 5.82 Å². The van der Waals surface area contributed by atoms with Gasteiger partial charge in [-0.25, -0.2) is 14.5 Å². The zero-order chi connectivity index (χ0) is 23.1. The summed E-state index contributed by atoms with van der Waals surface area (Å²) in [5.74, 6) is -0.0256. The molecule has 2 N–H and O–H groups in total. The number of halogens is 1. The minimum atomic E-state index is -1.05. The summed E-state index contributed by atoms with van der Waals surface area (Å²) in [6, 6.07) is 10.7. The molecule has 0 saturated heterocycles. The van der Waals surface area contributed by atoms with Gasteiger partial charge in [0, 0.05) is 22.6 Å². The average molecular weight is 462 g/mol. The highest BCUT2D eigenvalue weighted by Gasteiger charge is 2.24. The molecule has 7 nitrogen and oxygen atoms in total. The highest BCUT2D eigenvalue weighted by molar-refractivity contribution is 6.32. The fourth-order valence-corrected chi connectivity index (χ4v) is 4.31. The molecule has 0 unspecified atom stereocenters. The van der Waals surface area contributed by atoms with Crippen molar-refractivity contribution < 1.29 is 9.90 Å². The molecule has 0 aliphatic heterocycles. The van der Waals surface area contributed by atoms with Crippen molar-refractivity contribution in [2.45, 2.75) is 45.6 Å². The van der Waals surface area contributed by atoms with Gasteiger partial charge in [-0.1, -0.05) is 29.8 Å². The van der Waals surface area contributed by atoms with E-state index >= 15 is 0 Å². The number of rotatable bonds is 7. The fraction of sp³-hybridized carbons (Fsp3) is 0.280. The Hall–Kier alpha value is -3.45. The Kier molecular flexibility index (Phi) is 5.50. The van der Waals surface area contributed by atoms with Crippen LogP contribution in [0.3, 0.4) is 0 Å². The molecule has 0 amide bonds. The second-order valence-electron chi connectivity index (χ2n) is 8.60. The Morgan fingerprint density at radius 3 is 2.61 bits per heavy atom. The number of carbonyl (C=O) groups is 1. The lowest BCUT2D eigenvalue weighted by Crippen LogP contribution is -2.09. The van der Waals surface area contributed by atoms with Gasteiger partial charge in [0.05, 0.1) is 17.3 Å². The van der Waals surface area contributed by atoms with Crippen molar-refractivity contribution in [2.24, 2.45) is 0 Å². The van der Waals surface area contributed by atoms with Crippen molar-refractivity contribution in [1.29, 1.82) is 0 Å². The quantitative estimate of drug-likeness (QED) is 0.395. The first-order valence-electron chi connectivity index (χ1n) is 11.0. The Labute approximate surface area is 196 Å². The van der Waals surface area contributed by atoms with Crippen molar-refractivity contribution in [2.75, 3.05) is 5.32 Å². The number of hydrogen-bond donors (Lipinski definition) is 2. The summed E-state index contributed by atoms with van der Waals surface area (Å²) in [4.78, 5) is 20.6. The van der Waals surface area contributed by atoms with Gasteiger partial charge in [0.15, 0.2) is 0 Å². The second kappa shape index (κ2) is 8.48. The first-order chi connectivity index (χ1) is 15.9. The normalized spacial score (nSPS) is 13.4. The number of fused-ring (bicyclic) bond motifs is 1. The van der Waals surface area contributed by atoms with Gasteiger partial charge in [-0.2, -0.15) is 10.1 Å². The zero-order valence-corrected chi connectivity index (χ0v) is 19.2. The molecule has 5 rings (SSSR count). The summed E-state index contributed by atoms with van der Waals surface area (Å²) in [5.41, 5.74) is 5.75. The maximum atomic E-state index is 11.2. The van der Waals surface area contributed by atoms with Crippen molar-refractivity contribution in [3.63, 3.8) is 0 Å². The van der Waals surface area contributed by atoms with Crippen molar-refractivity contribution in [3.8, 4) is 5.95 Å². The summed E-state index contributed by atoms with van der Waals surface area (Å²) in [6.45, 7) is 4.28. The van der Waals surface area contributed by atoms with Gasteiger partial charge in [0.2, 0.25) is 0 Å². The third kappa shape index (κ3) is 4.41. The number of carboxylic acids is 1. The number of aromatic nitrogens is 4. The lowest BCUT2D eigenvalue weighted by Gasteiger charge is -2.14. The number of benzene rings is 2. The summed E-state index contributed by atoms with van der Waals surface area (Å²) in [5, 5.41) is 18.4. The SMILES string of the molecule is Cc1cccc(C)c1CCc1cc2c(NC3CC3)nc(-n3cc(C(=O)O)cn3)nc2cc1Cl. The number of hydrogen-bond acceptors (Lipinski definition) is 5. The number of aromatic carboxylic acids is 1. The minimum absolute atomic E-state index is 0.0790. The molecule has 1 aliphatic rings. The highest BCUT2D eigenvalue weighted by Crippen LogP contribution is 2.32. The summed E-state index contributed by atoms with van der Waals surface area (Å²) in [6.07, 6.45) is 6.60. The molecule has 2 aromatic carbocycles. The van der Waals surface area contributed by atoms with Crippen LogP contribution in [0, 0.1) is 13.8 Å². The molecule has 1 fully saturated rings. The Morgan fingerprint density at radius 1 is 1.18 bits per heavy atom. The molecule has 0 spiro atoms. The highest BCUT2D eigenvalue weighted by atomic mass is 35.5. The topological polar surface area (TPSA) is 92.9 Å². The number of nitrogens with zero attached hydrogens (tertiary/aromatic N) is 4. The van der Waals surface area contributed by atoms with Crippen LogP contribution in [-0.4, -0.2) is 36.9 Å². The smallest absolute Gasteiger partial charge is 0.338 e. The van der Waals surface area contributed by atoms with Crippen LogP contribution in [0.25, 0.3) is 16.9 Å². The molecule has 33 heavy (non-hydrogen) atoms. The van der Waals surface area contributed by atoms with E-state index in [4.69, 9.17) is 11.6 Å². The lowest BCUT2D eigenvalue weighted by atomic mass is 9.96. The van der Waals surface area contributed by atoms with E-state index in [2.05, 4.69) is 58.5 Å². The van der Waals surface area contributed by atoms with Crippen molar-refractivity contribution in [1.82, 2.24) is 19.7 Å². The fourth-order valence-electron chi connectivity index (χ4n) is 4.05. The van der Waals surface area contributed by atoms with Crippen LogP contribution >= 0.6 is 11.6 Å². The molecule has 0 radical (unpaired) electrons. The first-order valence-corrected chi connectivity index (χ1v) is 11.4. The molecule has 1 aliphatic carbocycles. The first kappa shape index (κ1) is 21.4. The second-order valence-corrected chi connectivity index (χ2v) is 9.01. The third-order valence-electron chi connectivity index (χ3n) is 6.09. The number of aryl methyl sites for hydroxylation is 3. The van der Waals surface area contributed by atoms with Gasteiger partial charge in [-0.3, -0.25) is 0 Å². The largest absolute Gasteiger partial charge is 0.478 e. The molecule has 0 bridgehead atoms. The standard InChI is InChI=1S/C25H24ClN5O2/c1-14-4-3-5-15(2)19(14)9-6-16-10-20-22(11-21(16)26)29-25(30-23(20)28-18-7-8-18)31-13-17(12-27-31)24(32)33/h3-5,10-13,18H,6-9H2,1-2H3,(H,32,33)(H,28,29,30). The summed E-state index contributed by atoms with van der Waals surface area (Å²) >= 11 is 6.68. The van der Waals surface area contributed by atoms with Gasteiger partial charge in [-0.15, -0.1) is 0 Å². The molecule has 1 saturated carbocycles. The van der Waals surface area contributed by atoms with Gasteiger partial charge in [0.1, 0.15) is 5.82 Å². The van der Waals surface area contributed by atoms with Crippen molar-refractivity contribution >= 4 is 34.3 Å².